The van der Waals surface area contributed by atoms with Gasteiger partial charge >= 0.3 is 0 Å². The van der Waals surface area contributed by atoms with Crippen molar-refractivity contribution >= 4 is 27.5 Å². The van der Waals surface area contributed by atoms with Crippen LogP contribution in [0.1, 0.15) is 19.3 Å². The van der Waals surface area contributed by atoms with Gasteiger partial charge in [-0.05, 0) is 53.9 Å². The van der Waals surface area contributed by atoms with E-state index >= 15 is 0 Å². The lowest BCUT2D eigenvalue weighted by Crippen LogP contribution is -2.24. The number of nitrogens with zero attached hydrogens (tertiary/aromatic N) is 3. The summed E-state index contributed by atoms with van der Waals surface area (Å²) in [6.45, 7) is 2.07. The molecule has 0 saturated carbocycles. The van der Waals surface area contributed by atoms with E-state index in [2.05, 4.69) is 36.6 Å². The normalized spacial score (nSPS) is 19.5. The highest BCUT2D eigenvalue weighted by molar-refractivity contribution is 9.10. The number of pyridine rings is 1. The summed E-state index contributed by atoms with van der Waals surface area (Å²) in [6.07, 6.45) is 5.61. The molecule has 2 N–H and O–H groups in total. The zero-order valence-electron chi connectivity index (χ0n) is 10.1. The number of halogens is 1. The molecule has 1 aliphatic rings. The lowest BCUT2D eigenvalue weighted by atomic mass is 10.2. The van der Waals surface area contributed by atoms with Gasteiger partial charge in [0, 0.05) is 23.3 Å². The predicted octanol–water partition coefficient (Wildman–Crippen LogP) is 2.05. The third-order valence-electron chi connectivity index (χ3n) is 3.23. The zero-order chi connectivity index (χ0) is 12.4. The van der Waals surface area contributed by atoms with Crippen LogP contribution in [-0.4, -0.2) is 33.7 Å². The van der Waals surface area contributed by atoms with E-state index in [1.165, 1.54) is 12.8 Å². The summed E-state index contributed by atoms with van der Waals surface area (Å²) in [7, 11) is 0. The summed E-state index contributed by atoms with van der Waals surface area (Å²) in [6, 6.07) is 4.57. The standard InChI is InChI=1S/C12H16BrN5/c13-9-3-4-11-16-12(17-18(11)8-9)15-7-5-10-2-1-6-14-10/h3-4,8,10,14H,1-2,5-7H2,(H,15,17). The van der Waals surface area contributed by atoms with E-state index < -0.39 is 0 Å². The number of aromatic nitrogens is 3. The summed E-state index contributed by atoms with van der Waals surface area (Å²) in [5.74, 6) is 0.700. The van der Waals surface area contributed by atoms with Gasteiger partial charge in [-0.1, -0.05) is 0 Å². The number of anilines is 1. The lowest BCUT2D eigenvalue weighted by molar-refractivity contribution is 0.573. The minimum absolute atomic E-state index is 0.656. The van der Waals surface area contributed by atoms with Crippen molar-refractivity contribution < 1.29 is 0 Å². The van der Waals surface area contributed by atoms with E-state index in [0.29, 0.717) is 12.0 Å². The summed E-state index contributed by atoms with van der Waals surface area (Å²) in [4.78, 5) is 4.42. The van der Waals surface area contributed by atoms with Gasteiger partial charge in [0.05, 0.1) is 0 Å². The fourth-order valence-corrected chi connectivity index (χ4v) is 2.62. The first kappa shape index (κ1) is 11.9. The molecule has 18 heavy (non-hydrogen) atoms. The summed E-state index contributed by atoms with van der Waals surface area (Å²) in [5.41, 5.74) is 0.861. The van der Waals surface area contributed by atoms with Crippen LogP contribution in [0.3, 0.4) is 0 Å². The Kier molecular flexibility index (Phi) is 3.47. The van der Waals surface area contributed by atoms with Crippen molar-refractivity contribution in [3.63, 3.8) is 0 Å². The Morgan fingerprint density at radius 1 is 1.50 bits per heavy atom. The quantitative estimate of drug-likeness (QED) is 0.907. The van der Waals surface area contributed by atoms with Crippen molar-refractivity contribution in [2.24, 2.45) is 0 Å². The molecule has 0 spiro atoms. The van der Waals surface area contributed by atoms with E-state index in [9.17, 15) is 0 Å². The first-order chi connectivity index (χ1) is 8.81. The Hall–Kier alpha value is -1.14. The molecule has 1 atom stereocenters. The van der Waals surface area contributed by atoms with E-state index in [0.717, 1.165) is 29.6 Å². The molecule has 1 unspecified atom stereocenters. The van der Waals surface area contributed by atoms with Crippen molar-refractivity contribution in [2.45, 2.75) is 25.3 Å². The third-order valence-corrected chi connectivity index (χ3v) is 3.70. The van der Waals surface area contributed by atoms with E-state index in [4.69, 9.17) is 0 Å². The molecule has 2 aromatic rings. The average molecular weight is 310 g/mol. The Labute approximate surface area is 114 Å². The Balaban J connectivity index is 1.60. The molecule has 2 aromatic heterocycles. The average Bonchev–Trinajstić information content (AvgIpc) is 2.97. The van der Waals surface area contributed by atoms with Gasteiger partial charge in [0.2, 0.25) is 5.95 Å². The van der Waals surface area contributed by atoms with Crippen LogP contribution in [0.5, 0.6) is 0 Å². The molecule has 96 valence electrons. The molecule has 1 fully saturated rings. The van der Waals surface area contributed by atoms with Crippen molar-refractivity contribution in [3.05, 3.63) is 22.8 Å². The second-order valence-electron chi connectivity index (χ2n) is 4.59. The maximum absolute atomic E-state index is 4.42. The predicted molar refractivity (Wildman–Crippen MR) is 74.8 cm³/mol. The van der Waals surface area contributed by atoms with Crippen molar-refractivity contribution in [2.75, 3.05) is 18.4 Å². The maximum atomic E-state index is 4.42. The molecule has 0 aromatic carbocycles. The minimum Gasteiger partial charge on any atom is -0.353 e. The zero-order valence-corrected chi connectivity index (χ0v) is 11.7. The number of nitrogens with one attached hydrogen (secondary N) is 2. The van der Waals surface area contributed by atoms with Gasteiger partial charge in [0.25, 0.3) is 0 Å². The summed E-state index contributed by atoms with van der Waals surface area (Å²) < 4.78 is 2.78. The molecule has 0 radical (unpaired) electrons. The van der Waals surface area contributed by atoms with Crippen LogP contribution in [-0.2, 0) is 0 Å². The topological polar surface area (TPSA) is 54.2 Å². The van der Waals surface area contributed by atoms with Gasteiger partial charge in [0.1, 0.15) is 0 Å². The number of fused-ring (bicyclic) bond motifs is 1. The number of rotatable bonds is 4. The fraction of sp³-hybridized carbons (Fsp3) is 0.500. The first-order valence-corrected chi connectivity index (χ1v) is 7.10. The molecule has 6 heteroatoms. The summed E-state index contributed by atoms with van der Waals surface area (Å²) in [5, 5.41) is 11.1. The van der Waals surface area contributed by atoms with E-state index in [1.807, 2.05) is 18.3 Å². The molecule has 0 bridgehead atoms. The van der Waals surface area contributed by atoms with Gasteiger partial charge in [0.15, 0.2) is 5.65 Å². The molecule has 0 aliphatic carbocycles. The molecule has 1 saturated heterocycles. The number of hydrogen-bond acceptors (Lipinski definition) is 4. The molecule has 0 amide bonds. The first-order valence-electron chi connectivity index (χ1n) is 6.30. The van der Waals surface area contributed by atoms with Crippen molar-refractivity contribution in [1.82, 2.24) is 19.9 Å². The highest BCUT2D eigenvalue weighted by Crippen LogP contribution is 2.13. The molecule has 3 rings (SSSR count). The summed E-state index contributed by atoms with van der Waals surface area (Å²) >= 11 is 3.42. The van der Waals surface area contributed by atoms with Gasteiger partial charge in [-0.3, -0.25) is 0 Å². The Bertz CT molecular complexity index is 532. The maximum Gasteiger partial charge on any atom is 0.243 e. The van der Waals surface area contributed by atoms with Crippen molar-refractivity contribution in [1.29, 1.82) is 0 Å². The monoisotopic (exact) mass is 309 g/mol. The van der Waals surface area contributed by atoms with Crippen LogP contribution in [0.25, 0.3) is 5.65 Å². The molecule has 5 nitrogen and oxygen atoms in total. The third kappa shape index (κ3) is 2.64. The van der Waals surface area contributed by atoms with Gasteiger partial charge < -0.3 is 10.6 Å². The van der Waals surface area contributed by atoms with Crippen LogP contribution >= 0.6 is 15.9 Å². The molecule has 1 aliphatic heterocycles. The molecule has 3 heterocycles. The SMILES string of the molecule is Brc1ccc2nc(NCCC3CCCN3)nn2c1. The number of hydrogen-bond donors (Lipinski definition) is 2. The second-order valence-corrected chi connectivity index (χ2v) is 5.51. The van der Waals surface area contributed by atoms with Crippen LogP contribution in [0.15, 0.2) is 22.8 Å². The second kappa shape index (κ2) is 5.24. The van der Waals surface area contributed by atoms with Crippen LogP contribution < -0.4 is 10.6 Å². The smallest absolute Gasteiger partial charge is 0.243 e. The highest BCUT2D eigenvalue weighted by atomic mass is 79.9. The molecular weight excluding hydrogens is 294 g/mol. The van der Waals surface area contributed by atoms with Gasteiger partial charge in [-0.2, -0.15) is 4.98 Å². The fourth-order valence-electron chi connectivity index (χ4n) is 2.29. The van der Waals surface area contributed by atoms with Crippen LogP contribution in [0.4, 0.5) is 5.95 Å². The largest absolute Gasteiger partial charge is 0.353 e. The van der Waals surface area contributed by atoms with Crippen molar-refractivity contribution in [3.8, 4) is 0 Å². The van der Waals surface area contributed by atoms with Crippen LogP contribution in [0.2, 0.25) is 0 Å². The van der Waals surface area contributed by atoms with E-state index in [1.54, 1.807) is 4.52 Å². The van der Waals surface area contributed by atoms with Gasteiger partial charge in [-0.25, -0.2) is 4.52 Å². The lowest BCUT2D eigenvalue weighted by Gasteiger charge is -2.09. The Morgan fingerprint density at radius 3 is 3.28 bits per heavy atom. The minimum atomic E-state index is 0.656. The Morgan fingerprint density at radius 2 is 2.44 bits per heavy atom. The van der Waals surface area contributed by atoms with Crippen LogP contribution in [0, 0.1) is 0 Å². The van der Waals surface area contributed by atoms with Gasteiger partial charge in [-0.15, -0.1) is 5.10 Å². The molecular formula is C12H16BrN5. The highest BCUT2D eigenvalue weighted by Gasteiger charge is 2.13. The van der Waals surface area contributed by atoms with E-state index in [-0.39, 0.29) is 0 Å².